The Morgan fingerprint density at radius 2 is 2.36 bits per heavy atom. The van der Waals surface area contributed by atoms with E-state index >= 15 is 0 Å². The van der Waals surface area contributed by atoms with Gasteiger partial charge in [-0.1, -0.05) is 11.6 Å². The number of hydrogen-bond acceptors (Lipinski definition) is 2. The van der Waals surface area contributed by atoms with E-state index in [4.69, 9.17) is 11.6 Å². The molecule has 0 fully saturated rings. The summed E-state index contributed by atoms with van der Waals surface area (Å²) in [5.74, 6) is 0. The molecule has 3 nitrogen and oxygen atoms in total. The van der Waals surface area contributed by atoms with Crippen LogP contribution in [0.25, 0.3) is 5.65 Å². The molecule has 0 radical (unpaired) electrons. The second kappa shape index (κ2) is 2.46. The quantitative estimate of drug-likeness (QED) is 0.697. The number of nitrogens with zero attached hydrogens (tertiary/aromatic N) is 3. The van der Waals surface area contributed by atoms with Crippen molar-refractivity contribution in [1.82, 2.24) is 14.6 Å². The standard InChI is InChI=1S/C6H3BrClN3/c7-5-6(8)11-4(10-5)2-1-3-9-11/h1-3H. The van der Waals surface area contributed by atoms with Gasteiger partial charge in [0.1, 0.15) is 4.60 Å². The zero-order valence-electron chi connectivity index (χ0n) is 5.33. The van der Waals surface area contributed by atoms with Gasteiger partial charge in [0.15, 0.2) is 10.8 Å². The normalized spacial score (nSPS) is 10.7. The van der Waals surface area contributed by atoms with Gasteiger partial charge < -0.3 is 0 Å². The Morgan fingerprint density at radius 3 is 3.09 bits per heavy atom. The highest BCUT2D eigenvalue weighted by molar-refractivity contribution is 9.10. The van der Waals surface area contributed by atoms with Crippen molar-refractivity contribution in [2.75, 3.05) is 0 Å². The molecule has 0 bridgehead atoms. The van der Waals surface area contributed by atoms with E-state index in [-0.39, 0.29) is 0 Å². The Labute approximate surface area is 76.1 Å². The molecule has 0 spiro atoms. The molecule has 0 amide bonds. The highest BCUT2D eigenvalue weighted by Gasteiger charge is 2.05. The Bertz CT molecular complexity index is 398. The molecule has 5 heteroatoms. The minimum atomic E-state index is 0.501. The molecule has 0 aliphatic rings. The van der Waals surface area contributed by atoms with Crippen LogP contribution in [0.4, 0.5) is 0 Å². The van der Waals surface area contributed by atoms with Crippen LogP contribution >= 0.6 is 27.5 Å². The molecule has 0 aromatic carbocycles. The van der Waals surface area contributed by atoms with Crippen molar-refractivity contribution in [1.29, 1.82) is 0 Å². The van der Waals surface area contributed by atoms with Gasteiger partial charge in [-0.3, -0.25) is 0 Å². The van der Waals surface area contributed by atoms with E-state index in [0.717, 1.165) is 5.65 Å². The van der Waals surface area contributed by atoms with Gasteiger partial charge in [0, 0.05) is 6.20 Å². The van der Waals surface area contributed by atoms with E-state index < -0.39 is 0 Å². The van der Waals surface area contributed by atoms with Crippen LogP contribution in [-0.4, -0.2) is 14.6 Å². The smallest absolute Gasteiger partial charge is 0.165 e. The number of imidazole rings is 1. The first kappa shape index (κ1) is 7.06. The maximum Gasteiger partial charge on any atom is 0.165 e. The molecule has 11 heavy (non-hydrogen) atoms. The van der Waals surface area contributed by atoms with Crippen molar-refractivity contribution in [3.63, 3.8) is 0 Å². The molecular formula is C6H3BrClN3. The molecule has 0 aliphatic heterocycles. The van der Waals surface area contributed by atoms with E-state index in [2.05, 4.69) is 26.0 Å². The second-order valence-corrected chi connectivity index (χ2v) is 3.10. The fourth-order valence-corrected chi connectivity index (χ4v) is 1.36. The minimum absolute atomic E-state index is 0.501. The molecule has 2 rings (SSSR count). The lowest BCUT2D eigenvalue weighted by Crippen LogP contribution is -1.87. The van der Waals surface area contributed by atoms with Crippen molar-refractivity contribution in [2.45, 2.75) is 0 Å². The lowest BCUT2D eigenvalue weighted by molar-refractivity contribution is 0.936. The summed E-state index contributed by atoms with van der Waals surface area (Å²) in [4.78, 5) is 4.10. The first-order chi connectivity index (χ1) is 5.29. The predicted molar refractivity (Wildman–Crippen MR) is 45.7 cm³/mol. The minimum Gasteiger partial charge on any atom is -0.218 e. The van der Waals surface area contributed by atoms with Crippen molar-refractivity contribution >= 4 is 33.2 Å². The summed E-state index contributed by atoms with van der Waals surface area (Å²) in [6.45, 7) is 0. The summed E-state index contributed by atoms with van der Waals surface area (Å²) in [5.41, 5.74) is 0.740. The summed E-state index contributed by atoms with van der Waals surface area (Å²) in [5, 5.41) is 4.49. The summed E-state index contributed by atoms with van der Waals surface area (Å²) in [6, 6.07) is 3.65. The SMILES string of the molecule is Clc1c(Br)nc2cccnn12. The van der Waals surface area contributed by atoms with Gasteiger partial charge in [-0.05, 0) is 28.1 Å². The Morgan fingerprint density at radius 1 is 1.55 bits per heavy atom. The largest absolute Gasteiger partial charge is 0.218 e. The van der Waals surface area contributed by atoms with Crippen LogP contribution in [0.2, 0.25) is 5.15 Å². The third kappa shape index (κ3) is 1.02. The fraction of sp³-hybridized carbons (Fsp3) is 0. The van der Waals surface area contributed by atoms with Crippen molar-refractivity contribution in [2.24, 2.45) is 0 Å². The molecule has 56 valence electrons. The lowest BCUT2D eigenvalue weighted by atomic mass is 10.6. The molecule has 2 heterocycles. The second-order valence-electron chi connectivity index (χ2n) is 1.99. The Kier molecular flexibility index (Phi) is 1.58. The highest BCUT2D eigenvalue weighted by atomic mass is 79.9. The van der Waals surface area contributed by atoms with Crippen LogP contribution in [0.1, 0.15) is 0 Å². The number of fused-ring (bicyclic) bond motifs is 1. The summed E-state index contributed by atoms with van der Waals surface area (Å²) >= 11 is 9.04. The van der Waals surface area contributed by atoms with Gasteiger partial charge in [-0.2, -0.15) is 5.10 Å². The van der Waals surface area contributed by atoms with Crippen LogP contribution in [0.3, 0.4) is 0 Å². The Hall–Kier alpha value is -0.610. The predicted octanol–water partition coefficient (Wildman–Crippen LogP) is 2.15. The van der Waals surface area contributed by atoms with Gasteiger partial charge in [0.2, 0.25) is 0 Å². The van der Waals surface area contributed by atoms with Gasteiger partial charge in [0.25, 0.3) is 0 Å². The molecule has 0 aliphatic carbocycles. The highest BCUT2D eigenvalue weighted by Crippen LogP contribution is 2.21. The molecule has 0 atom stereocenters. The van der Waals surface area contributed by atoms with Crippen molar-refractivity contribution in [3.8, 4) is 0 Å². The maximum atomic E-state index is 5.83. The number of hydrogen-bond donors (Lipinski definition) is 0. The van der Waals surface area contributed by atoms with E-state index in [1.54, 1.807) is 10.7 Å². The number of aromatic nitrogens is 3. The zero-order chi connectivity index (χ0) is 7.84. The maximum absolute atomic E-state index is 5.83. The monoisotopic (exact) mass is 231 g/mol. The third-order valence-corrected chi connectivity index (χ3v) is 2.42. The topological polar surface area (TPSA) is 30.2 Å². The first-order valence-corrected chi connectivity index (χ1v) is 4.11. The summed E-state index contributed by atoms with van der Waals surface area (Å²) < 4.78 is 2.18. The van der Waals surface area contributed by atoms with Crippen molar-refractivity contribution in [3.05, 3.63) is 28.1 Å². The molecule has 2 aromatic heterocycles. The van der Waals surface area contributed by atoms with E-state index in [1.165, 1.54) is 0 Å². The van der Waals surface area contributed by atoms with E-state index in [1.807, 2.05) is 12.1 Å². The van der Waals surface area contributed by atoms with E-state index in [0.29, 0.717) is 9.76 Å². The summed E-state index contributed by atoms with van der Waals surface area (Å²) in [6.07, 6.45) is 1.66. The lowest BCUT2D eigenvalue weighted by Gasteiger charge is -1.88. The molecule has 0 saturated carbocycles. The molecular weight excluding hydrogens is 229 g/mol. The van der Waals surface area contributed by atoms with Crippen molar-refractivity contribution < 1.29 is 0 Å². The van der Waals surface area contributed by atoms with Crippen LogP contribution < -0.4 is 0 Å². The molecule has 0 saturated heterocycles. The van der Waals surface area contributed by atoms with Gasteiger partial charge >= 0.3 is 0 Å². The third-order valence-electron chi connectivity index (χ3n) is 1.30. The first-order valence-electron chi connectivity index (χ1n) is 2.94. The molecule has 0 N–H and O–H groups in total. The van der Waals surface area contributed by atoms with Crippen LogP contribution in [0.5, 0.6) is 0 Å². The van der Waals surface area contributed by atoms with Crippen LogP contribution in [0.15, 0.2) is 22.9 Å². The Balaban J connectivity index is 2.92. The molecule has 0 unspecified atom stereocenters. The number of rotatable bonds is 0. The molecule has 2 aromatic rings. The fourth-order valence-electron chi connectivity index (χ4n) is 0.834. The van der Waals surface area contributed by atoms with Crippen LogP contribution in [0, 0.1) is 0 Å². The van der Waals surface area contributed by atoms with Gasteiger partial charge in [0.05, 0.1) is 0 Å². The van der Waals surface area contributed by atoms with Crippen LogP contribution in [-0.2, 0) is 0 Å². The average molecular weight is 232 g/mol. The zero-order valence-corrected chi connectivity index (χ0v) is 7.67. The average Bonchev–Trinajstić information content (AvgIpc) is 2.30. The number of halogens is 2. The van der Waals surface area contributed by atoms with E-state index in [9.17, 15) is 0 Å². The van der Waals surface area contributed by atoms with Gasteiger partial charge in [-0.25, -0.2) is 9.50 Å². The van der Waals surface area contributed by atoms with Gasteiger partial charge in [-0.15, -0.1) is 0 Å². The summed E-state index contributed by atoms with van der Waals surface area (Å²) in [7, 11) is 0.